The van der Waals surface area contributed by atoms with Crippen LogP contribution in [0.3, 0.4) is 0 Å². The highest BCUT2D eigenvalue weighted by molar-refractivity contribution is 6.11. The van der Waals surface area contributed by atoms with Crippen molar-refractivity contribution in [2.24, 2.45) is 0 Å². The van der Waals surface area contributed by atoms with Crippen LogP contribution in [0, 0.1) is 0 Å². The fraction of sp³-hybridized carbons (Fsp3) is 0.375. The predicted octanol–water partition coefficient (Wildman–Crippen LogP) is 2.31. The van der Waals surface area contributed by atoms with E-state index < -0.39 is 0 Å². The minimum absolute atomic E-state index is 0.0366. The van der Waals surface area contributed by atoms with E-state index in [4.69, 9.17) is 9.47 Å². The first kappa shape index (κ1) is 15.1. The molecule has 1 aromatic carbocycles. The number of ether oxygens (including phenoxy) is 2. The van der Waals surface area contributed by atoms with E-state index in [-0.39, 0.29) is 17.4 Å². The average Bonchev–Trinajstić information content (AvgIpc) is 2.53. The third kappa shape index (κ3) is 2.91. The highest BCUT2D eigenvalue weighted by atomic mass is 16.5. The van der Waals surface area contributed by atoms with Crippen LogP contribution in [0.5, 0.6) is 5.75 Å². The minimum Gasteiger partial charge on any atom is -0.497 e. The Hall–Kier alpha value is -2.30. The molecule has 5 nitrogen and oxygen atoms in total. The van der Waals surface area contributed by atoms with Gasteiger partial charge in [-0.2, -0.15) is 0 Å². The lowest BCUT2D eigenvalue weighted by Gasteiger charge is -2.29. The normalized spacial score (nSPS) is 15.2. The lowest BCUT2D eigenvalue weighted by molar-refractivity contribution is -0.121. The van der Waals surface area contributed by atoms with Crippen molar-refractivity contribution in [3.8, 4) is 5.75 Å². The molecule has 112 valence electrons. The lowest BCUT2D eigenvalue weighted by atomic mass is 9.99. The van der Waals surface area contributed by atoms with Crippen LogP contribution < -0.4 is 9.64 Å². The third-order valence-corrected chi connectivity index (χ3v) is 3.53. The number of methoxy groups -OCH3 is 2. The Kier molecular flexibility index (Phi) is 4.62. The van der Waals surface area contributed by atoms with Crippen molar-refractivity contribution in [2.75, 3.05) is 25.7 Å². The van der Waals surface area contributed by atoms with Crippen molar-refractivity contribution in [3.63, 3.8) is 0 Å². The van der Waals surface area contributed by atoms with Gasteiger partial charge in [0.2, 0.25) is 0 Å². The van der Waals surface area contributed by atoms with Crippen molar-refractivity contribution < 1.29 is 19.1 Å². The summed E-state index contributed by atoms with van der Waals surface area (Å²) in [5.41, 5.74) is 1.22. The number of amides is 1. The Labute approximate surface area is 124 Å². The number of anilines is 1. The van der Waals surface area contributed by atoms with Crippen LogP contribution >= 0.6 is 0 Å². The van der Waals surface area contributed by atoms with Gasteiger partial charge in [0.1, 0.15) is 5.75 Å². The van der Waals surface area contributed by atoms with Gasteiger partial charge in [-0.15, -0.1) is 0 Å². The number of Topliss-reactive ketones (excluding diaryl/α,β-unsaturated/α-hetero) is 1. The summed E-state index contributed by atoms with van der Waals surface area (Å²) in [7, 11) is 3.00. The molecule has 0 N–H and O–H groups in total. The van der Waals surface area contributed by atoms with Crippen molar-refractivity contribution in [2.45, 2.75) is 19.8 Å². The molecule has 0 aromatic heterocycles. The molecule has 0 atom stereocenters. The standard InChI is InChI=1S/C16H19NO4/c1-4-14(18)13-8-9-17(16(19)15(13)21-3)11-6-5-7-12(10-11)20-2/h5-7,10H,4,8-9H2,1-3H3. The van der Waals surface area contributed by atoms with Gasteiger partial charge in [-0.05, 0) is 18.6 Å². The van der Waals surface area contributed by atoms with Gasteiger partial charge in [0.05, 0.1) is 14.2 Å². The van der Waals surface area contributed by atoms with Crippen molar-refractivity contribution in [1.29, 1.82) is 0 Å². The molecule has 0 bridgehead atoms. The summed E-state index contributed by atoms with van der Waals surface area (Å²) in [6.45, 7) is 2.24. The summed E-state index contributed by atoms with van der Waals surface area (Å²) >= 11 is 0. The summed E-state index contributed by atoms with van der Waals surface area (Å²) < 4.78 is 10.4. The largest absolute Gasteiger partial charge is 0.497 e. The number of ketones is 1. The molecule has 0 saturated heterocycles. The maximum absolute atomic E-state index is 12.5. The number of hydrogen-bond donors (Lipinski definition) is 0. The Bertz CT molecular complexity index is 592. The van der Waals surface area contributed by atoms with Crippen LogP contribution in [0.4, 0.5) is 5.69 Å². The first-order valence-electron chi connectivity index (χ1n) is 6.88. The van der Waals surface area contributed by atoms with Gasteiger partial charge < -0.3 is 14.4 Å². The first-order valence-corrected chi connectivity index (χ1v) is 6.88. The highest BCUT2D eigenvalue weighted by Gasteiger charge is 2.31. The van der Waals surface area contributed by atoms with Crippen LogP contribution in [0.25, 0.3) is 0 Å². The predicted molar refractivity (Wildman–Crippen MR) is 79.3 cm³/mol. The first-order chi connectivity index (χ1) is 10.1. The molecular formula is C16H19NO4. The van der Waals surface area contributed by atoms with Crippen molar-refractivity contribution in [3.05, 3.63) is 35.6 Å². The second kappa shape index (κ2) is 6.43. The van der Waals surface area contributed by atoms with Gasteiger partial charge in [0.25, 0.3) is 5.91 Å². The molecular weight excluding hydrogens is 270 g/mol. The number of nitrogens with zero attached hydrogens (tertiary/aromatic N) is 1. The number of benzene rings is 1. The molecule has 0 spiro atoms. The van der Waals surface area contributed by atoms with Gasteiger partial charge in [-0.1, -0.05) is 13.0 Å². The molecule has 0 radical (unpaired) electrons. The fourth-order valence-electron chi connectivity index (χ4n) is 2.41. The van der Waals surface area contributed by atoms with Crippen molar-refractivity contribution in [1.82, 2.24) is 0 Å². The molecule has 0 saturated carbocycles. The van der Waals surface area contributed by atoms with E-state index in [1.54, 1.807) is 25.0 Å². The van der Waals surface area contributed by atoms with E-state index in [0.717, 1.165) is 5.69 Å². The van der Waals surface area contributed by atoms with E-state index >= 15 is 0 Å². The molecule has 21 heavy (non-hydrogen) atoms. The van der Waals surface area contributed by atoms with Crippen LogP contribution in [0.2, 0.25) is 0 Å². The molecule has 5 heteroatoms. The van der Waals surface area contributed by atoms with E-state index in [1.807, 2.05) is 18.2 Å². The molecule has 1 aliphatic heterocycles. The minimum atomic E-state index is -0.284. The van der Waals surface area contributed by atoms with Gasteiger partial charge in [-0.25, -0.2) is 0 Å². The maximum atomic E-state index is 12.5. The molecule has 1 aromatic rings. The van der Waals surface area contributed by atoms with E-state index in [1.165, 1.54) is 7.11 Å². The van der Waals surface area contributed by atoms with E-state index in [0.29, 0.717) is 30.7 Å². The summed E-state index contributed by atoms with van der Waals surface area (Å²) in [5.74, 6) is 0.508. The second-order valence-corrected chi connectivity index (χ2v) is 4.70. The Morgan fingerprint density at radius 1 is 1.29 bits per heavy atom. The molecule has 2 rings (SSSR count). The molecule has 1 amide bonds. The lowest BCUT2D eigenvalue weighted by Crippen LogP contribution is -2.39. The zero-order valence-electron chi connectivity index (χ0n) is 12.5. The molecule has 1 aliphatic rings. The van der Waals surface area contributed by atoms with Crippen LogP contribution in [0.1, 0.15) is 19.8 Å². The average molecular weight is 289 g/mol. The van der Waals surface area contributed by atoms with E-state index in [9.17, 15) is 9.59 Å². The van der Waals surface area contributed by atoms with Gasteiger partial charge in [0, 0.05) is 30.3 Å². The fourth-order valence-corrected chi connectivity index (χ4v) is 2.41. The zero-order chi connectivity index (χ0) is 15.4. The second-order valence-electron chi connectivity index (χ2n) is 4.70. The number of carbonyl (C=O) groups is 2. The summed E-state index contributed by atoms with van der Waals surface area (Å²) in [4.78, 5) is 26.0. The highest BCUT2D eigenvalue weighted by Crippen LogP contribution is 2.28. The molecule has 0 aliphatic carbocycles. The van der Waals surface area contributed by atoms with Crippen molar-refractivity contribution >= 4 is 17.4 Å². The number of hydrogen-bond acceptors (Lipinski definition) is 4. The SMILES string of the molecule is CCC(=O)C1=C(OC)C(=O)N(c2cccc(OC)c2)CC1. The number of carbonyl (C=O) groups excluding carboxylic acids is 2. The Balaban J connectivity index is 2.36. The molecule has 0 fully saturated rings. The Morgan fingerprint density at radius 2 is 2.05 bits per heavy atom. The van der Waals surface area contributed by atoms with Gasteiger partial charge >= 0.3 is 0 Å². The molecule has 0 unspecified atom stereocenters. The zero-order valence-corrected chi connectivity index (χ0v) is 12.5. The number of rotatable bonds is 5. The van der Waals surface area contributed by atoms with Gasteiger partial charge in [0.15, 0.2) is 11.5 Å². The van der Waals surface area contributed by atoms with Crippen LogP contribution in [0.15, 0.2) is 35.6 Å². The third-order valence-electron chi connectivity index (χ3n) is 3.53. The maximum Gasteiger partial charge on any atom is 0.293 e. The summed E-state index contributed by atoms with van der Waals surface area (Å²) in [6.07, 6.45) is 0.868. The van der Waals surface area contributed by atoms with Crippen LogP contribution in [-0.2, 0) is 14.3 Å². The monoisotopic (exact) mass is 289 g/mol. The topological polar surface area (TPSA) is 55.8 Å². The summed E-state index contributed by atoms with van der Waals surface area (Å²) in [6, 6.07) is 7.26. The smallest absolute Gasteiger partial charge is 0.293 e. The molecule has 1 heterocycles. The van der Waals surface area contributed by atoms with Crippen LogP contribution in [-0.4, -0.2) is 32.5 Å². The van der Waals surface area contributed by atoms with Gasteiger partial charge in [-0.3, -0.25) is 9.59 Å². The summed E-state index contributed by atoms with van der Waals surface area (Å²) in [5, 5.41) is 0. The Morgan fingerprint density at radius 3 is 2.67 bits per heavy atom. The quantitative estimate of drug-likeness (QED) is 0.834. The van der Waals surface area contributed by atoms with E-state index in [2.05, 4.69) is 0 Å².